The van der Waals surface area contributed by atoms with Gasteiger partial charge in [0, 0.05) is 84.3 Å². The van der Waals surface area contributed by atoms with Gasteiger partial charge in [0.15, 0.2) is 5.82 Å². The van der Waals surface area contributed by atoms with E-state index < -0.39 is 0 Å². The van der Waals surface area contributed by atoms with E-state index in [1.54, 1.807) is 31.5 Å². The molecule has 7 rings (SSSR count). The minimum Gasteiger partial charge on any atom is -0.479 e. The number of pyridine rings is 1. The van der Waals surface area contributed by atoms with Crippen LogP contribution in [-0.4, -0.2) is 120 Å². The molecule has 4 aromatic heterocycles. The minimum absolute atomic E-state index is 0.532. The maximum Gasteiger partial charge on any atom is 0.239 e. The summed E-state index contributed by atoms with van der Waals surface area (Å²) in [5.41, 5.74) is 7.08. The molecule has 0 atom stereocenters. The Balaban J connectivity index is 1.19. The van der Waals surface area contributed by atoms with Crippen molar-refractivity contribution < 1.29 is 4.74 Å². The summed E-state index contributed by atoms with van der Waals surface area (Å²) in [6.07, 6.45) is 9.68. The monoisotopic (exact) mass is 794 g/mol. The summed E-state index contributed by atoms with van der Waals surface area (Å²) in [6, 6.07) is 8.82. The molecule has 0 bridgehead atoms. The first kappa shape index (κ1) is 33.8. The molecule has 0 spiro atoms. The normalized spacial score (nSPS) is 16.4. The van der Waals surface area contributed by atoms with E-state index in [2.05, 4.69) is 81.1 Å². The SMILES string of the molecule is COc1nc(N2CCC(N3CCN(C)CC3)CC2)c(C)cc1N(C)c1nc(N(I)c2ccc3nccnc3c2N(C)SC)c2[nH]ccc2n1. The largest absolute Gasteiger partial charge is 0.479 e. The number of likely N-dealkylation sites (N-methyl/N-ethyl adjacent to an activating group) is 1. The molecule has 1 N–H and O–H groups in total. The van der Waals surface area contributed by atoms with E-state index in [0.717, 1.165) is 108 Å². The molecule has 2 aliphatic heterocycles. The van der Waals surface area contributed by atoms with Crippen molar-refractivity contribution in [2.75, 3.05) is 91.0 Å². The number of halogens is 1. The standard InChI is InChI=1S/C34H43IN12OS/c1-22-21-27(33(48-5)40-31(22)46-15-10-23(11-16-46)45-19-17-42(2)18-20-45)43(3)34-39-25-9-12-37-29(25)32(41-34)47(35)26-8-7-24-28(38-14-13-36-24)30(26)44(4)49-6/h7-9,12-14,21,23,37H,10-11,15-20H2,1-6H3. The van der Waals surface area contributed by atoms with E-state index in [1.807, 2.05) is 43.6 Å². The van der Waals surface area contributed by atoms with E-state index in [1.165, 1.54) is 0 Å². The molecule has 49 heavy (non-hydrogen) atoms. The molecule has 0 amide bonds. The molecule has 0 saturated carbocycles. The number of hydrogen-bond acceptors (Lipinski definition) is 13. The minimum atomic E-state index is 0.532. The van der Waals surface area contributed by atoms with Crippen molar-refractivity contribution >= 4 is 91.5 Å². The van der Waals surface area contributed by atoms with Crippen LogP contribution in [0.4, 0.5) is 34.6 Å². The number of fused-ring (bicyclic) bond motifs is 2. The molecule has 0 radical (unpaired) electrons. The van der Waals surface area contributed by atoms with Crippen molar-refractivity contribution in [1.82, 2.24) is 39.7 Å². The summed E-state index contributed by atoms with van der Waals surface area (Å²) >= 11 is 3.93. The van der Waals surface area contributed by atoms with Crippen LogP contribution in [0.5, 0.6) is 5.88 Å². The van der Waals surface area contributed by atoms with Crippen LogP contribution in [0, 0.1) is 6.92 Å². The average Bonchev–Trinajstić information content (AvgIpc) is 3.62. The summed E-state index contributed by atoms with van der Waals surface area (Å²) in [6.45, 7) is 8.73. The zero-order valence-corrected chi connectivity index (χ0v) is 31.9. The highest BCUT2D eigenvalue weighted by Gasteiger charge is 2.29. The Bertz CT molecular complexity index is 1940. The van der Waals surface area contributed by atoms with Crippen molar-refractivity contribution in [2.24, 2.45) is 0 Å². The fourth-order valence-electron chi connectivity index (χ4n) is 6.92. The second kappa shape index (κ2) is 14.3. The predicted octanol–water partition coefficient (Wildman–Crippen LogP) is 5.80. The number of piperazine rings is 1. The van der Waals surface area contributed by atoms with Crippen LogP contribution in [-0.2, 0) is 0 Å². The molecule has 2 aliphatic rings. The number of H-pyrrole nitrogens is 1. The number of benzene rings is 1. The van der Waals surface area contributed by atoms with Crippen LogP contribution in [0.2, 0.25) is 0 Å². The Morgan fingerprint density at radius 2 is 1.69 bits per heavy atom. The van der Waals surface area contributed by atoms with Gasteiger partial charge in [-0.1, -0.05) is 11.9 Å². The fraction of sp³-hybridized carbons (Fsp3) is 0.441. The average molecular weight is 795 g/mol. The molecule has 2 saturated heterocycles. The van der Waals surface area contributed by atoms with Gasteiger partial charge < -0.3 is 28.7 Å². The summed E-state index contributed by atoms with van der Waals surface area (Å²) in [4.78, 5) is 37.3. The third-order valence-corrected chi connectivity index (χ3v) is 11.5. The quantitative estimate of drug-likeness (QED) is 0.111. The lowest BCUT2D eigenvalue weighted by atomic mass is 10.0. The Morgan fingerprint density at radius 3 is 2.43 bits per heavy atom. The van der Waals surface area contributed by atoms with Gasteiger partial charge in [-0.15, -0.1) is 0 Å². The molecule has 5 aromatic rings. The number of rotatable bonds is 9. The van der Waals surface area contributed by atoms with E-state index in [0.29, 0.717) is 17.9 Å². The van der Waals surface area contributed by atoms with E-state index >= 15 is 0 Å². The lowest BCUT2D eigenvalue weighted by molar-refractivity contribution is 0.0981. The van der Waals surface area contributed by atoms with Crippen molar-refractivity contribution in [3.63, 3.8) is 0 Å². The van der Waals surface area contributed by atoms with Crippen LogP contribution >= 0.6 is 34.8 Å². The maximum atomic E-state index is 5.93. The molecule has 258 valence electrons. The van der Waals surface area contributed by atoms with Gasteiger partial charge >= 0.3 is 0 Å². The molecule has 0 aliphatic carbocycles. The lowest BCUT2D eigenvalue weighted by Crippen LogP contribution is -2.52. The number of aryl methyl sites for hydroxylation is 1. The van der Waals surface area contributed by atoms with Gasteiger partial charge in [-0.05, 0) is 56.6 Å². The second-order valence-electron chi connectivity index (χ2n) is 12.7. The highest BCUT2D eigenvalue weighted by atomic mass is 127. The molecule has 1 aromatic carbocycles. The number of piperidine rings is 1. The molecule has 6 heterocycles. The van der Waals surface area contributed by atoms with Gasteiger partial charge in [0.2, 0.25) is 11.8 Å². The Labute approximate surface area is 305 Å². The van der Waals surface area contributed by atoms with E-state index in [9.17, 15) is 0 Å². The van der Waals surface area contributed by atoms with Gasteiger partial charge in [0.25, 0.3) is 0 Å². The molecule has 13 nitrogen and oxygen atoms in total. The molecular formula is C34H43IN12OS. The first-order valence-corrected chi connectivity index (χ1v) is 18.7. The predicted molar refractivity (Wildman–Crippen MR) is 209 cm³/mol. The fourth-order valence-corrected chi connectivity index (χ4v) is 8.02. The highest BCUT2D eigenvalue weighted by Crippen LogP contribution is 2.44. The number of ether oxygens (including phenoxy) is 1. The Morgan fingerprint density at radius 1 is 0.939 bits per heavy atom. The van der Waals surface area contributed by atoms with Crippen molar-refractivity contribution in [1.29, 1.82) is 0 Å². The second-order valence-corrected chi connectivity index (χ2v) is 14.6. The van der Waals surface area contributed by atoms with Gasteiger partial charge in [-0.2, -0.15) is 9.97 Å². The van der Waals surface area contributed by atoms with Crippen LogP contribution in [0.1, 0.15) is 18.4 Å². The van der Waals surface area contributed by atoms with E-state index in [-0.39, 0.29) is 0 Å². The summed E-state index contributed by atoms with van der Waals surface area (Å²) in [7, 11) is 7.90. The van der Waals surface area contributed by atoms with Gasteiger partial charge in [-0.25, -0.2) is 4.98 Å². The number of anilines is 6. The number of nitrogens with one attached hydrogen (secondary N) is 1. The van der Waals surface area contributed by atoms with Gasteiger partial charge in [-0.3, -0.25) is 18.0 Å². The zero-order valence-electron chi connectivity index (χ0n) is 28.9. The summed E-state index contributed by atoms with van der Waals surface area (Å²) < 4.78 is 10.1. The smallest absolute Gasteiger partial charge is 0.239 e. The molecule has 0 unspecified atom stereocenters. The number of nitrogens with zero attached hydrogens (tertiary/aromatic N) is 11. The summed E-state index contributed by atoms with van der Waals surface area (Å²) in [5, 5.41) is 0. The van der Waals surface area contributed by atoms with Crippen LogP contribution in [0.25, 0.3) is 22.1 Å². The lowest BCUT2D eigenvalue weighted by Gasteiger charge is -2.42. The highest BCUT2D eigenvalue weighted by molar-refractivity contribution is 14.1. The topological polar surface area (TPSA) is 109 Å². The molecule has 15 heteroatoms. The zero-order chi connectivity index (χ0) is 34.2. The third kappa shape index (κ3) is 6.53. The summed E-state index contributed by atoms with van der Waals surface area (Å²) in [5.74, 6) is 2.79. The Kier molecular flexibility index (Phi) is 9.86. The molecule has 2 fully saturated rings. The van der Waals surface area contributed by atoms with E-state index in [4.69, 9.17) is 24.7 Å². The number of aromatic amines is 1. The van der Waals surface area contributed by atoms with Crippen LogP contribution in [0.15, 0.2) is 42.9 Å². The first-order valence-electron chi connectivity index (χ1n) is 16.6. The number of hydrogen-bond donors (Lipinski definition) is 1. The van der Waals surface area contributed by atoms with Crippen molar-refractivity contribution in [3.05, 3.63) is 48.4 Å². The third-order valence-electron chi connectivity index (χ3n) is 9.76. The van der Waals surface area contributed by atoms with Gasteiger partial charge in [0.05, 0.1) is 52.4 Å². The Hall–Kier alpha value is -3.67. The van der Waals surface area contributed by atoms with Crippen LogP contribution in [0.3, 0.4) is 0 Å². The van der Waals surface area contributed by atoms with Crippen molar-refractivity contribution in [2.45, 2.75) is 25.8 Å². The van der Waals surface area contributed by atoms with Crippen LogP contribution < -0.4 is 22.0 Å². The first-order chi connectivity index (χ1) is 23.8. The van der Waals surface area contributed by atoms with Crippen molar-refractivity contribution in [3.8, 4) is 5.88 Å². The number of methoxy groups -OCH3 is 1. The van der Waals surface area contributed by atoms with Gasteiger partial charge in [0.1, 0.15) is 22.5 Å². The number of aromatic nitrogens is 6. The molecular weight excluding hydrogens is 751 g/mol. The maximum absolute atomic E-state index is 5.93.